The SMILES string of the molecule is Br.CN(C)C1Cc2c[nH]c3ccc(C(N)=O)c(c23)C1. The molecule has 0 saturated heterocycles. The number of hydrogen-bond donors (Lipinski definition) is 2. The molecular formula is C14H18BrN3O. The number of benzene rings is 1. The quantitative estimate of drug-likeness (QED) is 0.886. The van der Waals surface area contributed by atoms with E-state index in [1.165, 1.54) is 10.9 Å². The van der Waals surface area contributed by atoms with Crippen molar-refractivity contribution in [3.63, 3.8) is 0 Å². The number of H-pyrrole nitrogens is 1. The van der Waals surface area contributed by atoms with Gasteiger partial charge in [-0.2, -0.15) is 0 Å². The lowest BCUT2D eigenvalue weighted by molar-refractivity contribution is 0.0999. The molecule has 1 aliphatic carbocycles. The van der Waals surface area contributed by atoms with Gasteiger partial charge >= 0.3 is 0 Å². The van der Waals surface area contributed by atoms with Gasteiger partial charge < -0.3 is 15.6 Å². The smallest absolute Gasteiger partial charge is 0.249 e. The van der Waals surface area contributed by atoms with E-state index in [0.717, 1.165) is 23.9 Å². The third-order valence-corrected chi connectivity index (χ3v) is 3.93. The molecule has 4 nitrogen and oxygen atoms in total. The molecular weight excluding hydrogens is 306 g/mol. The number of carbonyl (C=O) groups excluding carboxylic acids is 1. The summed E-state index contributed by atoms with van der Waals surface area (Å²) in [4.78, 5) is 17.0. The van der Waals surface area contributed by atoms with E-state index in [1.54, 1.807) is 0 Å². The minimum Gasteiger partial charge on any atom is -0.366 e. The normalized spacial score (nSPS) is 17.5. The Labute approximate surface area is 122 Å². The molecule has 3 rings (SSSR count). The number of hydrogen-bond acceptors (Lipinski definition) is 2. The second-order valence-corrected chi connectivity index (χ2v) is 5.22. The summed E-state index contributed by atoms with van der Waals surface area (Å²) >= 11 is 0. The van der Waals surface area contributed by atoms with Crippen molar-refractivity contribution in [1.82, 2.24) is 9.88 Å². The Morgan fingerprint density at radius 1 is 1.37 bits per heavy atom. The maximum Gasteiger partial charge on any atom is 0.249 e. The monoisotopic (exact) mass is 323 g/mol. The summed E-state index contributed by atoms with van der Waals surface area (Å²) in [5.41, 5.74) is 9.63. The molecule has 1 heterocycles. The molecule has 102 valence electrons. The number of halogens is 1. The van der Waals surface area contributed by atoms with Crippen LogP contribution in [0.5, 0.6) is 0 Å². The molecule has 1 aromatic heterocycles. The second-order valence-electron chi connectivity index (χ2n) is 5.22. The van der Waals surface area contributed by atoms with E-state index in [2.05, 4.69) is 30.2 Å². The molecule has 1 unspecified atom stereocenters. The molecule has 5 heteroatoms. The van der Waals surface area contributed by atoms with Gasteiger partial charge in [-0.3, -0.25) is 4.79 Å². The molecule has 0 aliphatic heterocycles. The molecule has 0 radical (unpaired) electrons. The number of likely N-dealkylation sites (N-methyl/N-ethyl adjacent to an activating group) is 1. The van der Waals surface area contributed by atoms with Crippen molar-refractivity contribution >= 4 is 33.8 Å². The molecule has 1 amide bonds. The molecule has 1 atom stereocenters. The zero-order valence-corrected chi connectivity index (χ0v) is 12.8. The summed E-state index contributed by atoms with van der Waals surface area (Å²) in [6, 6.07) is 4.20. The minimum absolute atomic E-state index is 0. The number of rotatable bonds is 2. The number of carbonyl (C=O) groups is 1. The maximum absolute atomic E-state index is 11.6. The van der Waals surface area contributed by atoms with E-state index in [9.17, 15) is 4.79 Å². The topological polar surface area (TPSA) is 62.1 Å². The zero-order valence-electron chi connectivity index (χ0n) is 11.1. The van der Waals surface area contributed by atoms with Crippen LogP contribution in [0.1, 0.15) is 21.5 Å². The van der Waals surface area contributed by atoms with Crippen molar-refractivity contribution in [2.45, 2.75) is 18.9 Å². The largest absolute Gasteiger partial charge is 0.366 e. The molecule has 2 aromatic rings. The predicted octanol–water partition coefficient (Wildman–Crippen LogP) is 1.87. The number of aromatic amines is 1. The van der Waals surface area contributed by atoms with E-state index in [0.29, 0.717) is 11.6 Å². The van der Waals surface area contributed by atoms with Gasteiger partial charge in [0.25, 0.3) is 0 Å². The summed E-state index contributed by atoms with van der Waals surface area (Å²) in [5, 5.41) is 1.20. The van der Waals surface area contributed by atoms with Crippen molar-refractivity contribution in [2.75, 3.05) is 14.1 Å². The van der Waals surface area contributed by atoms with Crippen molar-refractivity contribution in [2.24, 2.45) is 5.73 Å². The van der Waals surface area contributed by atoms with E-state index in [4.69, 9.17) is 5.73 Å². The van der Waals surface area contributed by atoms with Gasteiger partial charge in [0.05, 0.1) is 0 Å². The lowest BCUT2D eigenvalue weighted by Crippen LogP contribution is -2.35. The van der Waals surface area contributed by atoms with E-state index < -0.39 is 0 Å². The first-order valence-corrected chi connectivity index (χ1v) is 6.16. The fourth-order valence-electron chi connectivity index (χ4n) is 2.90. The number of nitrogens with one attached hydrogen (secondary N) is 1. The summed E-state index contributed by atoms with van der Waals surface area (Å²) < 4.78 is 0. The number of primary amides is 1. The van der Waals surface area contributed by atoms with Gasteiger partial charge in [-0.15, -0.1) is 17.0 Å². The summed E-state index contributed by atoms with van der Waals surface area (Å²) in [6.45, 7) is 0. The first-order chi connectivity index (χ1) is 8.58. The zero-order chi connectivity index (χ0) is 12.9. The van der Waals surface area contributed by atoms with Crippen LogP contribution in [0.4, 0.5) is 0 Å². The van der Waals surface area contributed by atoms with Crippen LogP contribution in [-0.2, 0) is 12.8 Å². The molecule has 0 saturated carbocycles. The lowest BCUT2D eigenvalue weighted by Gasteiger charge is -2.29. The van der Waals surface area contributed by atoms with Crippen molar-refractivity contribution in [3.8, 4) is 0 Å². The van der Waals surface area contributed by atoms with Gasteiger partial charge in [0, 0.05) is 28.7 Å². The second kappa shape index (κ2) is 4.98. The van der Waals surface area contributed by atoms with Crippen LogP contribution in [0.25, 0.3) is 10.9 Å². The number of amides is 1. The first kappa shape index (κ1) is 14.1. The third-order valence-electron chi connectivity index (χ3n) is 3.93. The standard InChI is InChI=1S/C14H17N3O.BrH/c1-17(2)9-5-8-7-16-12-4-3-10(14(15)18)11(6-9)13(8)12;/h3-4,7,9,16H,5-6H2,1-2H3,(H2,15,18);1H. The lowest BCUT2D eigenvalue weighted by atomic mass is 9.86. The van der Waals surface area contributed by atoms with Crippen molar-refractivity contribution in [1.29, 1.82) is 0 Å². The Hall–Kier alpha value is -1.33. The fraction of sp³-hybridized carbons (Fsp3) is 0.357. The molecule has 0 spiro atoms. The minimum atomic E-state index is -0.335. The average molecular weight is 324 g/mol. The predicted molar refractivity (Wildman–Crippen MR) is 82.0 cm³/mol. The highest BCUT2D eigenvalue weighted by Crippen LogP contribution is 2.33. The van der Waals surface area contributed by atoms with E-state index >= 15 is 0 Å². The van der Waals surface area contributed by atoms with Crippen LogP contribution in [0.2, 0.25) is 0 Å². The van der Waals surface area contributed by atoms with Gasteiger partial charge in [-0.05, 0) is 50.2 Å². The highest BCUT2D eigenvalue weighted by molar-refractivity contribution is 8.93. The van der Waals surface area contributed by atoms with Gasteiger partial charge in [-0.25, -0.2) is 0 Å². The summed E-state index contributed by atoms with van der Waals surface area (Å²) in [6.07, 6.45) is 3.95. The molecule has 1 aliphatic rings. The maximum atomic E-state index is 11.6. The van der Waals surface area contributed by atoms with Crippen LogP contribution in [0.3, 0.4) is 0 Å². The Bertz CT molecular complexity index is 633. The Kier molecular flexibility index (Phi) is 3.69. The van der Waals surface area contributed by atoms with Gasteiger partial charge in [0.15, 0.2) is 0 Å². The summed E-state index contributed by atoms with van der Waals surface area (Å²) in [7, 11) is 4.15. The van der Waals surface area contributed by atoms with Crippen LogP contribution in [-0.4, -0.2) is 35.9 Å². The Morgan fingerprint density at radius 2 is 2.11 bits per heavy atom. The van der Waals surface area contributed by atoms with Crippen LogP contribution >= 0.6 is 17.0 Å². The molecule has 0 fully saturated rings. The Morgan fingerprint density at radius 3 is 2.74 bits per heavy atom. The van der Waals surface area contributed by atoms with Crippen molar-refractivity contribution < 1.29 is 4.79 Å². The van der Waals surface area contributed by atoms with Crippen molar-refractivity contribution in [3.05, 3.63) is 35.0 Å². The average Bonchev–Trinajstić information content (AvgIpc) is 2.74. The first-order valence-electron chi connectivity index (χ1n) is 6.16. The summed E-state index contributed by atoms with van der Waals surface area (Å²) in [5.74, 6) is -0.335. The highest BCUT2D eigenvalue weighted by atomic mass is 79.9. The third kappa shape index (κ3) is 2.17. The van der Waals surface area contributed by atoms with Gasteiger partial charge in [0.2, 0.25) is 5.91 Å². The highest BCUT2D eigenvalue weighted by Gasteiger charge is 2.26. The number of nitrogens with two attached hydrogens (primary N) is 1. The van der Waals surface area contributed by atoms with Crippen LogP contribution < -0.4 is 5.73 Å². The molecule has 0 bridgehead atoms. The molecule has 19 heavy (non-hydrogen) atoms. The van der Waals surface area contributed by atoms with Gasteiger partial charge in [-0.1, -0.05) is 0 Å². The number of nitrogens with zero attached hydrogens (tertiary/aromatic N) is 1. The fourth-order valence-corrected chi connectivity index (χ4v) is 2.90. The van der Waals surface area contributed by atoms with Gasteiger partial charge in [0.1, 0.15) is 0 Å². The molecule has 1 aromatic carbocycles. The number of aromatic nitrogens is 1. The van der Waals surface area contributed by atoms with Crippen LogP contribution in [0, 0.1) is 0 Å². The van der Waals surface area contributed by atoms with E-state index in [-0.39, 0.29) is 22.9 Å². The van der Waals surface area contributed by atoms with Crippen LogP contribution in [0.15, 0.2) is 18.3 Å². The molecule has 3 N–H and O–H groups in total. The Balaban J connectivity index is 0.00000133. The van der Waals surface area contributed by atoms with E-state index in [1.807, 2.05) is 12.1 Å².